The lowest BCUT2D eigenvalue weighted by Crippen LogP contribution is -2.12. The van der Waals surface area contributed by atoms with Gasteiger partial charge >= 0.3 is 0 Å². The van der Waals surface area contributed by atoms with Gasteiger partial charge in [0, 0.05) is 5.56 Å². The third kappa shape index (κ3) is 5.98. The second-order valence-electron chi connectivity index (χ2n) is 5.35. The average Bonchev–Trinajstić information content (AvgIpc) is 2.52. The maximum Gasteiger partial charge on any atom is 0.134 e. The Hall–Kier alpha value is -1.84. The molecule has 1 rings (SSSR count). The third-order valence-electron chi connectivity index (χ3n) is 3.64. The quantitative estimate of drug-likeness (QED) is 0.302. The molecule has 0 aliphatic heterocycles. The highest BCUT2D eigenvalue weighted by atomic mass is 16.4. The normalized spacial score (nSPS) is 12.7. The van der Waals surface area contributed by atoms with Gasteiger partial charge in [-0.25, -0.2) is 0 Å². The van der Waals surface area contributed by atoms with E-state index in [0.29, 0.717) is 11.4 Å². The van der Waals surface area contributed by atoms with Crippen molar-refractivity contribution in [3.8, 4) is 0 Å². The Labute approximate surface area is 127 Å². The highest BCUT2D eigenvalue weighted by Gasteiger charge is 2.08. The van der Waals surface area contributed by atoms with Crippen molar-refractivity contribution in [2.24, 2.45) is 10.3 Å². The Morgan fingerprint density at radius 1 is 0.905 bits per heavy atom. The van der Waals surface area contributed by atoms with E-state index in [1.54, 1.807) is 6.92 Å². The van der Waals surface area contributed by atoms with Crippen molar-refractivity contribution in [1.82, 2.24) is 0 Å². The smallest absolute Gasteiger partial charge is 0.134 e. The fourth-order valence-electron chi connectivity index (χ4n) is 2.33. The summed E-state index contributed by atoms with van der Waals surface area (Å²) in [6.07, 6.45) is 8.84. The molecule has 0 spiro atoms. The fourth-order valence-corrected chi connectivity index (χ4v) is 2.33. The lowest BCUT2D eigenvalue weighted by Gasteiger charge is -2.05. The van der Waals surface area contributed by atoms with E-state index in [1.807, 2.05) is 24.3 Å². The maximum atomic E-state index is 8.99. The van der Waals surface area contributed by atoms with Crippen molar-refractivity contribution in [3.63, 3.8) is 0 Å². The predicted octanol–water partition coefficient (Wildman–Crippen LogP) is 4.62. The Morgan fingerprint density at radius 3 is 2.10 bits per heavy atom. The zero-order chi connectivity index (χ0) is 15.5. The van der Waals surface area contributed by atoms with Crippen LogP contribution in [0.5, 0.6) is 0 Å². The van der Waals surface area contributed by atoms with Gasteiger partial charge in [0.2, 0.25) is 0 Å². The largest absolute Gasteiger partial charge is 0.411 e. The van der Waals surface area contributed by atoms with Crippen molar-refractivity contribution in [2.75, 3.05) is 0 Å². The van der Waals surface area contributed by atoms with Crippen LogP contribution in [0.25, 0.3) is 0 Å². The minimum atomic E-state index is 0.293. The molecule has 2 N–H and O–H groups in total. The van der Waals surface area contributed by atoms with Gasteiger partial charge < -0.3 is 10.4 Å². The summed E-state index contributed by atoms with van der Waals surface area (Å²) in [6, 6.07) is 7.88. The number of aryl methyl sites for hydroxylation is 1. The molecule has 0 saturated carbocycles. The lowest BCUT2D eigenvalue weighted by molar-refractivity contribution is 0.314. The van der Waals surface area contributed by atoms with E-state index in [-0.39, 0.29) is 0 Å². The Kier molecular flexibility index (Phi) is 8.17. The first-order chi connectivity index (χ1) is 10.2. The van der Waals surface area contributed by atoms with Crippen LogP contribution in [0.3, 0.4) is 0 Å². The zero-order valence-corrected chi connectivity index (χ0v) is 13.0. The van der Waals surface area contributed by atoms with E-state index in [1.165, 1.54) is 44.1 Å². The molecule has 0 radical (unpaired) electrons. The Bertz CT molecular complexity index is 464. The van der Waals surface area contributed by atoms with E-state index in [2.05, 4.69) is 17.2 Å². The van der Waals surface area contributed by atoms with Crippen LogP contribution in [-0.4, -0.2) is 21.8 Å². The van der Waals surface area contributed by atoms with Crippen LogP contribution in [0.2, 0.25) is 0 Å². The molecule has 116 valence electrons. The van der Waals surface area contributed by atoms with Gasteiger partial charge in [-0.15, -0.1) is 0 Å². The van der Waals surface area contributed by atoms with Gasteiger partial charge in [-0.2, -0.15) is 0 Å². The van der Waals surface area contributed by atoms with Gasteiger partial charge in [0.05, 0.1) is 0 Å². The van der Waals surface area contributed by atoms with Gasteiger partial charge in [-0.1, -0.05) is 73.6 Å². The molecule has 0 aromatic heterocycles. The van der Waals surface area contributed by atoms with Crippen LogP contribution in [0.4, 0.5) is 0 Å². The molecule has 1 aromatic carbocycles. The van der Waals surface area contributed by atoms with Crippen molar-refractivity contribution < 1.29 is 10.4 Å². The number of hydrogen-bond acceptors (Lipinski definition) is 4. The molecule has 0 fully saturated rings. The van der Waals surface area contributed by atoms with Crippen LogP contribution in [0.1, 0.15) is 63.5 Å². The molecule has 0 saturated heterocycles. The molecule has 0 aliphatic carbocycles. The summed E-state index contributed by atoms with van der Waals surface area (Å²) in [5, 5.41) is 24.0. The Morgan fingerprint density at radius 2 is 1.52 bits per heavy atom. The first kappa shape index (κ1) is 17.2. The van der Waals surface area contributed by atoms with Gasteiger partial charge in [0.1, 0.15) is 11.4 Å². The molecule has 0 atom stereocenters. The summed E-state index contributed by atoms with van der Waals surface area (Å²) in [6.45, 7) is 3.83. The predicted molar refractivity (Wildman–Crippen MR) is 86.7 cm³/mol. The topological polar surface area (TPSA) is 65.2 Å². The molecule has 0 bridgehead atoms. The Balaban J connectivity index is 2.47. The number of benzene rings is 1. The molecule has 21 heavy (non-hydrogen) atoms. The van der Waals surface area contributed by atoms with Crippen LogP contribution >= 0.6 is 0 Å². The van der Waals surface area contributed by atoms with Gasteiger partial charge in [0.25, 0.3) is 0 Å². The van der Waals surface area contributed by atoms with E-state index in [0.717, 1.165) is 12.0 Å². The van der Waals surface area contributed by atoms with Crippen LogP contribution in [0, 0.1) is 0 Å². The monoisotopic (exact) mass is 290 g/mol. The number of nitrogens with zero attached hydrogens (tertiary/aromatic N) is 2. The molecular weight excluding hydrogens is 264 g/mol. The first-order valence-corrected chi connectivity index (χ1v) is 7.73. The second kappa shape index (κ2) is 9.97. The van der Waals surface area contributed by atoms with Crippen molar-refractivity contribution in [2.45, 2.75) is 58.8 Å². The summed E-state index contributed by atoms with van der Waals surface area (Å²) >= 11 is 0. The van der Waals surface area contributed by atoms with Crippen LogP contribution in [0.15, 0.2) is 34.6 Å². The molecule has 4 heteroatoms. The standard InChI is InChI=1S/C17H26N2O2/c1-3-4-5-6-7-8-9-15-10-12-16(13-11-15)17(19-21)14(2)18-20/h10-13,20-21H,3-9H2,1-2H3/b18-14-,19-17+. The van der Waals surface area contributed by atoms with E-state index >= 15 is 0 Å². The number of oxime groups is 2. The van der Waals surface area contributed by atoms with Crippen molar-refractivity contribution >= 4 is 11.4 Å². The summed E-state index contributed by atoms with van der Waals surface area (Å²) in [4.78, 5) is 0. The van der Waals surface area contributed by atoms with Crippen LogP contribution in [-0.2, 0) is 6.42 Å². The number of hydrogen-bond donors (Lipinski definition) is 2. The summed E-state index contributed by atoms with van der Waals surface area (Å²) < 4.78 is 0. The molecule has 0 amide bonds. The highest BCUT2D eigenvalue weighted by Crippen LogP contribution is 2.12. The molecule has 0 heterocycles. The second-order valence-corrected chi connectivity index (χ2v) is 5.35. The van der Waals surface area contributed by atoms with Gasteiger partial charge in [0.15, 0.2) is 0 Å². The van der Waals surface area contributed by atoms with Gasteiger partial charge in [-0.05, 0) is 25.3 Å². The molecule has 0 aliphatic rings. The van der Waals surface area contributed by atoms with Gasteiger partial charge in [-0.3, -0.25) is 0 Å². The first-order valence-electron chi connectivity index (χ1n) is 7.73. The SMILES string of the molecule is CCCCCCCCc1ccc(C(=N/O)/C(C)=N\O)cc1. The van der Waals surface area contributed by atoms with E-state index in [4.69, 9.17) is 10.4 Å². The lowest BCUT2D eigenvalue weighted by atomic mass is 10.0. The maximum absolute atomic E-state index is 8.99. The molecule has 0 unspecified atom stereocenters. The fraction of sp³-hybridized carbons (Fsp3) is 0.529. The zero-order valence-electron chi connectivity index (χ0n) is 13.0. The number of rotatable bonds is 9. The summed E-state index contributed by atoms with van der Waals surface area (Å²) in [5.41, 5.74) is 2.62. The van der Waals surface area contributed by atoms with Crippen molar-refractivity contribution in [1.29, 1.82) is 0 Å². The molecular formula is C17H26N2O2. The van der Waals surface area contributed by atoms with Crippen LogP contribution < -0.4 is 0 Å². The number of unbranched alkanes of at least 4 members (excludes halogenated alkanes) is 5. The minimum absolute atomic E-state index is 0.293. The minimum Gasteiger partial charge on any atom is -0.411 e. The third-order valence-corrected chi connectivity index (χ3v) is 3.64. The molecule has 4 nitrogen and oxygen atoms in total. The summed E-state index contributed by atoms with van der Waals surface area (Å²) in [7, 11) is 0. The highest BCUT2D eigenvalue weighted by molar-refractivity contribution is 6.47. The van der Waals surface area contributed by atoms with E-state index < -0.39 is 0 Å². The van der Waals surface area contributed by atoms with Crippen molar-refractivity contribution in [3.05, 3.63) is 35.4 Å². The molecule has 1 aromatic rings. The summed E-state index contributed by atoms with van der Waals surface area (Å²) in [5.74, 6) is 0. The van der Waals surface area contributed by atoms with E-state index in [9.17, 15) is 0 Å². The average molecular weight is 290 g/mol.